The number of amides is 2. The smallest absolute Gasteiger partial charge is 0.407 e. The maximum atomic E-state index is 11.7. The quantitative estimate of drug-likeness (QED) is 0.630. The first-order valence-electron chi connectivity index (χ1n) is 8.69. The maximum Gasteiger partial charge on any atom is 0.407 e. The molecule has 27 heavy (non-hydrogen) atoms. The molecule has 0 aliphatic carbocycles. The van der Waals surface area contributed by atoms with E-state index in [1.54, 1.807) is 0 Å². The second-order valence-corrected chi connectivity index (χ2v) is 5.76. The number of carbonyl (C=O) groups is 2. The van der Waals surface area contributed by atoms with Gasteiger partial charge in [-0.3, -0.25) is 4.79 Å². The minimum absolute atomic E-state index is 0.133. The van der Waals surface area contributed by atoms with Crippen molar-refractivity contribution < 1.29 is 14.3 Å². The van der Waals surface area contributed by atoms with Gasteiger partial charge >= 0.3 is 6.09 Å². The van der Waals surface area contributed by atoms with E-state index < -0.39 is 6.09 Å². The van der Waals surface area contributed by atoms with Crippen LogP contribution in [0.2, 0.25) is 0 Å². The summed E-state index contributed by atoms with van der Waals surface area (Å²) >= 11 is 0. The van der Waals surface area contributed by atoms with Gasteiger partial charge < -0.3 is 10.1 Å². The number of hydrogen-bond acceptors (Lipinski definition) is 3. The van der Waals surface area contributed by atoms with Crippen molar-refractivity contribution in [2.75, 3.05) is 6.54 Å². The SMILES string of the molecule is Cc1ccccc1C#CCCC(=O)N=CCNC(=O)OCc1ccccc1. The molecule has 0 saturated heterocycles. The first-order chi connectivity index (χ1) is 13.1. The number of nitrogens with zero attached hydrogens (tertiary/aromatic N) is 1. The van der Waals surface area contributed by atoms with E-state index >= 15 is 0 Å². The third-order valence-corrected chi connectivity index (χ3v) is 3.62. The molecule has 0 saturated carbocycles. The maximum absolute atomic E-state index is 11.7. The molecular formula is C22H22N2O3. The van der Waals surface area contributed by atoms with E-state index in [0.29, 0.717) is 6.42 Å². The minimum Gasteiger partial charge on any atom is -0.445 e. The van der Waals surface area contributed by atoms with Crippen molar-refractivity contribution in [2.24, 2.45) is 4.99 Å². The average Bonchev–Trinajstić information content (AvgIpc) is 2.69. The molecule has 0 atom stereocenters. The summed E-state index contributed by atoms with van der Waals surface area (Å²) < 4.78 is 5.05. The zero-order valence-electron chi connectivity index (χ0n) is 15.3. The van der Waals surface area contributed by atoms with Gasteiger partial charge in [0.15, 0.2) is 0 Å². The summed E-state index contributed by atoms with van der Waals surface area (Å²) in [7, 11) is 0. The highest BCUT2D eigenvalue weighted by Gasteiger charge is 2.01. The van der Waals surface area contributed by atoms with Gasteiger partial charge in [-0.2, -0.15) is 0 Å². The van der Waals surface area contributed by atoms with Crippen LogP contribution >= 0.6 is 0 Å². The number of rotatable bonds is 6. The number of nitrogens with one attached hydrogen (secondary N) is 1. The Balaban J connectivity index is 1.61. The van der Waals surface area contributed by atoms with Crippen LogP contribution in [0.1, 0.15) is 29.5 Å². The van der Waals surface area contributed by atoms with Crippen LogP contribution in [0, 0.1) is 18.8 Å². The minimum atomic E-state index is -0.554. The third-order valence-electron chi connectivity index (χ3n) is 3.62. The Morgan fingerprint density at radius 3 is 2.63 bits per heavy atom. The van der Waals surface area contributed by atoms with Crippen molar-refractivity contribution in [1.82, 2.24) is 5.32 Å². The zero-order valence-corrected chi connectivity index (χ0v) is 15.3. The molecule has 138 valence electrons. The van der Waals surface area contributed by atoms with Gasteiger partial charge in [-0.25, -0.2) is 9.79 Å². The summed E-state index contributed by atoms with van der Waals surface area (Å²) in [4.78, 5) is 27.0. The lowest BCUT2D eigenvalue weighted by Gasteiger charge is -2.04. The largest absolute Gasteiger partial charge is 0.445 e. The van der Waals surface area contributed by atoms with E-state index in [0.717, 1.165) is 16.7 Å². The zero-order chi connectivity index (χ0) is 19.3. The van der Waals surface area contributed by atoms with Crippen LogP contribution in [0.5, 0.6) is 0 Å². The fraction of sp³-hybridized carbons (Fsp3) is 0.227. The molecule has 0 aromatic heterocycles. The topological polar surface area (TPSA) is 67.8 Å². The molecule has 5 heteroatoms. The van der Waals surface area contributed by atoms with Gasteiger partial charge in [0, 0.05) is 24.6 Å². The molecule has 0 radical (unpaired) electrons. The van der Waals surface area contributed by atoms with Crippen molar-refractivity contribution in [1.29, 1.82) is 0 Å². The standard InChI is InChI=1S/C22H22N2O3/c1-18-9-5-6-12-20(18)13-7-8-14-21(25)23-15-16-24-22(26)27-17-19-10-3-2-4-11-19/h2-6,9-12,15H,8,14,16-17H2,1H3,(H,24,26). The Bertz CT molecular complexity index is 849. The molecule has 0 aliphatic rings. The van der Waals surface area contributed by atoms with E-state index in [9.17, 15) is 9.59 Å². The number of aliphatic imine (C=N–C) groups is 1. The third kappa shape index (κ3) is 8.02. The van der Waals surface area contributed by atoms with Crippen LogP contribution in [-0.2, 0) is 16.1 Å². The summed E-state index contributed by atoms with van der Waals surface area (Å²) in [6, 6.07) is 17.2. The highest BCUT2D eigenvalue weighted by Crippen LogP contribution is 2.04. The Hall–Kier alpha value is -3.39. The van der Waals surface area contributed by atoms with Crippen molar-refractivity contribution in [3.05, 3.63) is 71.3 Å². The molecule has 0 aliphatic heterocycles. The fourth-order valence-corrected chi connectivity index (χ4v) is 2.16. The second-order valence-electron chi connectivity index (χ2n) is 5.76. The Labute approximate surface area is 159 Å². The first kappa shape index (κ1) is 19.9. The van der Waals surface area contributed by atoms with Gasteiger partial charge in [0.25, 0.3) is 0 Å². The first-order valence-corrected chi connectivity index (χ1v) is 8.69. The van der Waals surface area contributed by atoms with Crippen LogP contribution in [0.25, 0.3) is 0 Å². The Morgan fingerprint density at radius 1 is 1.11 bits per heavy atom. The lowest BCUT2D eigenvalue weighted by Crippen LogP contribution is -2.26. The Morgan fingerprint density at radius 2 is 1.85 bits per heavy atom. The summed E-state index contributed by atoms with van der Waals surface area (Å²) in [6.45, 7) is 2.33. The van der Waals surface area contributed by atoms with Crippen molar-refractivity contribution in [3.8, 4) is 11.8 Å². The highest BCUT2D eigenvalue weighted by atomic mass is 16.5. The van der Waals surface area contributed by atoms with E-state index in [4.69, 9.17) is 4.74 Å². The molecule has 0 unspecified atom stereocenters. The van der Waals surface area contributed by atoms with E-state index in [-0.39, 0.29) is 25.5 Å². The molecule has 2 rings (SSSR count). The Kier molecular flexibility index (Phi) is 8.32. The van der Waals surface area contributed by atoms with E-state index in [2.05, 4.69) is 22.2 Å². The predicted molar refractivity (Wildman–Crippen MR) is 105 cm³/mol. The molecular weight excluding hydrogens is 340 g/mol. The van der Waals surface area contributed by atoms with Gasteiger partial charge in [-0.1, -0.05) is 60.4 Å². The molecule has 2 amide bonds. The predicted octanol–water partition coefficient (Wildman–Crippen LogP) is 3.65. The molecule has 0 fully saturated rings. The van der Waals surface area contributed by atoms with E-state index in [1.165, 1.54) is 6.21 Å². The lowest BCUT2D eigenvalue weighted by molar-refractivity contribution is -0.117. The van der Waals surface area contributed by atoms with Crippen LogP contribution in [0.4, 0.5) is 4.79 Å². The highest BCUT2D eigenvalue weighted by molar-refractivity contribution is 5.86. The van der Waals surface area contributed by atoms with Crippen molar-refractivity contribution in [3.63, 3.8) is 0 Å². The summed E-state index contributed by atoms with van der Waals surface area (Å²) in [5, 5.41) is 2.51. The van der Waals surface area contributed by atoms with Gasteiger partial charge in [0.05, 0.1) is 6.54 Å². The van der Waals surface area contributed by atoms with Gasteiger partial charge in [-0.15, -0.1) is 0 Å². The molecule has 1 N–H and O–H groups in total. The summed E-state index contributed by atoms with van der Waals surface area (Å²) in [6.07, 6.45) is 1.49. The monoisotopic (exact) mass is 362 g/mol. The summed E-state index contributed by atoms with van der Waals surface area (Å²) in [5.41, 5.74) is 2.98. The van der Waals surface area contributed by atoms with Gasteiger partial charge in [-0.05, 0) is 24.1 Å². The molecule has 2 aromatic carbocycles. The van der Waals surface area contributed by atoms with Gasteiger partial charge in [0.2, 0.25) is 5.91 Å². The van der Waals surface area contributed by atoms with Crippen LogP contribution in [-0.4, -0.2) is 24.8 Å². The fourth-order valence-electron chi connectivity index (χ4n) is 2.16. The second kappa shape index (κ2) is 11.3. The van der Waals surface area contributed by atoms with Crippen LogP contribution < -0.4 is 5.32 Å². The molecule has 2 aromatic rings. The number of ether oxygens (including phenoxy) is 1. The number of carbonyl (C=O) groups excluding carboxylic acids is 2. The lowest BCUT2D eigenvalue weighted by atomic mass is 10.1. The van der Waals surface area contributed by atoms with E-state index in [1.807, 2.05) is 61.5 Å². The number of benzene rings is 2. The molecule has 0 spiro atoms. The molecule has 5 nitrogen and oxygen atoms in total. The van der Waals surface area contributed by atoms with Crippen molar-refractivity contribution >= 4 is 18.2 Å². The van der Waals surface area contributed by atoms with Crippen LogP contribution in [0.3, 0.4) is 0 Å². The molecule has 0 heterocycles. The van der Waals surface area contributed by atoms with Crippen molar-refractivity contribution in [2.45, 2.75) is 26.4 Å². The number of alkyl carbamates (subject to hydrolysis) is 1. The number of hydrogen-bond donors (Lipinski definition) is 1. The molecule has 0 bridgehead atoms. The number of aryl methyl sites for hydroxylation is 1. The average molecular weight is 362 g/mol. The normalized spacial score (nSPS) is 10.1. The summed E-state index contributed by atoms with van der Waals surface area (Å²) in [5.74, 6) is 5.76. The van der Waals surface area contributed by atoms with Crippen LogP contribution in [0.15, 0.2) is 59.6 Å². The van der Waals surface area contributed by atoms with Gasteiger partial charge in [0.1, 0.15) is 6.61 Å².